The lowest BCUT2D eigenvalue weighted by molar-refractivity contribution is 0.216. The van der Waals surface area contributed by atoms with Gasteiger partial charge in [-0.1, -0.05) is 30.3 Å². The van der Waals surface area contributed by atoms with Crippen LogP contribution in [0.3, 0.4) is 0 Å². The number of carbonyl (C=O) groups is 1. The van der Waals surface area contributed by atoms with Gasteiger partial charge in [-0.05, 0) is 24.5 Å². The fraction of sp³-hybridized carbons (Fsp3) is 0.250. The smallest absolute Gasteiger partial charge is 0.319 e. The van der Waals surface area contributed by atoms with Crippen LogP contribution in [-0.4, -0.2) is 17.5 Å². The minimum Gasteiger partial charge on any atom is -0.351 e. The molecule has 2 amide bonds. The topological polar surface area (TPSA) is 46.3 Å². The fourth-order valence-electron chi connectivity index (χ4n) is 1.70. The number of nitrogens with zero attached hydrogens (tertiary/aromatic N) is 1. The molecule has 1 aromatic carbocycles. The van der Waals surface area contributed by atoms with Gasteiger partial charge in [-0.15, -0.1) is 0 Å². The maximum atomic E-state index is 10.9. The van der Waals surface area contributed by atoms with E-state index in [1.54, 1.807) is 4.90 Å². The van der Waals surface area contributed by atoms with Crippen molar-refractivity contribution in [1.82, 2.24) is 4.90 Å². The van der Waals surface area contributed by atoms with E-state index >= 15 is 0 Å². The number of nitrogens with two attached hydrogens (primary N) is 1. The first kappa shape index (κ1) is 9.77. The van der Waals surface area contributed by atoms with Crippen molar-refractivity contribution in [3.63, 3.8) is 0 Å². The summed E-state index contributed by atoms with van der Waals surface area (Å²) >= 11 is 0. The number of rotatable bonds is 3. The predicted octanol–water partition coefficient (Wildman–Crippen LogP) is 1.90. The Morgan fingerprint density at radius 2 is 2.00 bits per heavy atom. The number of primary amides is 1. The number of benzene rings is 1. The Balaban J connectivity index is 1.88. The van der Waals surface area contributed by atoms with Crippen LogP contribution in [0.1, 0.15) is 12.0 Å². The molecular weight excluding hydrogens is 188 g/mol. The number of aryl methyl sites for hydroxylation is 1. The zero-order valence-corrected chi connectivity index (χ0v) is 8.52. The van der Waals surface area contributed by atoms with Crippen molar-refractivity contribution in [2.75, 3.05) is 6.54 Å². The largest absolute Gasteiger partial charge is 0.351 e. The van der Waals surface area contributed by atoms with Crippen molar-refractivity contribution < 1.29 is 4.79 Å². The van der Waals surface area contributed by atoms with Gasteiger partial charge in [0.2, 0.25) is 0 Å². The average molecular weight is 202 g/mol. The van der Waals surface area contributed by atoms with Gasteiger partial charge in [-0.3, -0.25) is 4.90 Å². The molecule has 0 aliphatic carbocycles. The van der Waals surface area contributed by atoms with Gasteiger partial charge in [0.15, 0.2) is 0 Å². The van der Waals surface area contributed by atoms with Crippen LogP contribution in [0.25, 0.3) is 0 Å². The summed E-state index contributed by atoms with van der Waals surface area (Å²) in [6.45, 7) is 0.666. The molecule has 2 rings (SSSR count). The van der Waals surface area contributed by atoms with Crippen molar-refractivity contribution in [2.45, 2.75) is 12.8 Å². The SMILES string of the molecule is NC(=O)N1CC=C1CCc1ccccc1. The quantitative estimate of drug-likeness (QED) is 0.799. The van der Waals surface area contributed by atoms with Gasteiger partial charge in [-0.25, -0.2) is 4.79 Å². The number of amides is 2. The van der Waals surface area contributed by atoms with Crippen molar-refractivity contribution in [3.8, 4) is 0 Å². The van der Waals surface area contributed by atoms with E-state index in [4.69, 9.17) is 5.73 Å². The molecule has 2 N–H and O–H groups in total. The highest BCUT2D eigenvalue weighted by molar-refractivity contribution is 5.75. The summed E-state index contributed by atoms with van der Waals surface area (Å²) in [7, 11) is 0. The van der Waals surface area contributed by atoms with Crippen LogP contribution >= 0.6 is 0 Å². The van der Waals surface area contributed by atoms with Crippen LogP contribution in [-0.2, 0) is 6.42 Å². The molecule has 0 saturated carbocycles. The number of urea groups is 1. The molecule has 0 aromatic heterocycles. The Hall–Kier alpha value is -1.77. The molecule has 0 atom stereocenters. The highest BCUT2D eigenvalue weighted by atomic mass is 16.2. The van der Waals surface area contributed by atoms with Gasteiger partial charge in [0.1, 0.15) is 0 Å². The summed E-state index contributed by atoms with van der Waals surface area (Å²) in [5.41, 5.74) is 7.54. The van der Waals surface area contributed by atoms with E-state index in [1.165, 1.54) is 5.56 Å². The lowest BCUT2D eigenvalue weighted by atomic mass is 10.0. The molecule has 1 heterocycles. The Morgan fingerprint density at radius 3 is 2.53 bits per heavy atom. The lowest BCUT2D eigenvalue weighted by Crippen LogP contribution is -2.41. The molecule has 15 heavy (non-hydrogen) atoms. The van der Waals surface area contributed by atoms with Crippen molar-refractivity contribution in [2.24, 2.45) is 5.73 Å². The van der Waals surface area contributed by atoms with E-state index in [-0.39, 0.29) is 6.03 Å². The Morgan fingerprint density at radius 1 is 1.27 bits per heavy atom. The number of carbonyl (C=O) groups excluding carboxylic acids is 1. The molecule has 3 nitrogen and oxygen atoms in total. The van der Waals surface area contributed by atoms with Crippen LogP contribution in [0.15, 0.2) is 42.1 Å². The molecule has 1 aromatic rings. The second kappa shape index (κ2) is 4.17. The fourth-order valence-corrected chi connectivity index (χ4v) is 1.70. The molecule has 0 spiro atoms. The Bertz CT molecular complexity index is 384. The van der Waals surface area contributed by atoms with Crippen molar-refractivity contribution >= 4 is 6.03 Å². The van der Waals surface area contributed by atoms with Gasteiger partial charge in [-0.2, -0.15) is 0 Å². The van der Waals surface area contributed by atoms with E-state index in [1.807, 2.05) is 24.3 Å². The maximum absolute atomic E-state index is 10.9. The molecule has 0 fully saturated rings. The van der Waals surface area contributed by atoms with Gasteiger partial charge in [0.05, 0.1) is 0 Å². The molecular formula is C12H14N2O. The minimum absolute atomic E-state index is 0.347. The third-order valence-electron chi connectivity index (χ3n) is 2.63. The summed E-state index contributed by atoms with van der Waals surface area (Å²) in [4.78, 5) is 12.5. The van der Waals surface area contributed by atoms with Crippen LogP contribution in [0.5, 0.6) is 0 Å². The monoisotopic (exact) mass is 202 g/mol. The average Bonchev–Trinajstić information content (AvgIpc) is 2.17. The third kappa shape index (κ3) is 2.18. The van der Waals surface area contributed by atoms with Crippen LogP contribution in [0.4, 0.5) is 4.79 Å². The van der Waals surface area contributed by atoms with Crippen LogP contribution in [0.2, 0.25) is 0 Å². The van der Waals surface area contributed by atoms with Crippen LogP contribution in [0, 0.1) is 0 Å². The minimum atomic E-state index is -0.347. The van der Waals surface area contributed by atoms with E-state index in [2.05, 4.69) is 12.1 Å². The molecule has 3 heteroatoms. The molecule has 1 aliphatic rings. The summed E-state index contributed by atoms with van der Waals surface area (Å²) < 4.78 is 0. The number of allylic oxidation sites excluding steroid dienone is 1. The van der Waals surface area contributed by atoms with E-state index in [0.29, 0.717) is 6.54 Å². The summed E-state index contributed by atoms with van der Waals surface area (Å²) in [6, 6.07) is 9.89. The zero-order chi connectivity index (χ0) is 10.7. The first-order chi connectivity index (χ1) is 7.27. The van der Waals surface area contributed by atoms with Gasteiger partial charge in [0, 0.05) is 12.2 Å². The highest BCUT2D eigenvalue weighted by Gasteiger charge is 2.20. The Kier molecular flexibility index (Phi) is 2.72. The molecule has 1 aliphatic heterocycles. The predicted molar refractivity (Wildman–Crippen MR) is 59.1 cm³/mol. The maximum Gasteiger partial charge on any atom is 0.319 e. The summed E-state index contributed by atoms with van der Waals surface area (Å²) in [5, 5.41) is 0. The second-order valence-electron chi connectivity index (χ2n) is 3.63. The zero-order valence-electron chi connectivity index (χ0n) is 8.52. The summed E-state index contributed by atoms with van der Waals surface area (Å²) in [6.07, 6.45) is 3.89. The number of hydrogen-bond donors (Lipinski definition) is 1. The standard InChI is InChI=1S/C12H14N2O/c13-12(15)14-9-8-11(14)7-6-10-4-2-1-3-5-10/h1-5,8H,6-7,9H2,(H2,13,15). The van der Waals surface area contributed by atoms with Crippen LogP contribution < -0.4 is 5.73 Å². The molecule has 0 saturated heterocycles. The number of hydrogen-bond acceptors (Lipinski definition) is 1. The molecule has 0 bridgehead atoms. The second-order valence-corrected chi connectivity index (χ2v) is 3.63. The molecule has 78 valence electrons. The van der Waals surface area contributed by atoms with Gasteiger partial charge < -0.3 is 5.73 Å². The summed E-state index contributed by atoms with van der Waals surface area (Å²) in [5.74, 6) is 0. The highest BCUT2D eigenvalue weighted by Crippen LogP contribution is 2.20. The molecule has 0 radical (unpaired) electrons. The third-order valence-corrected chi connectivity index (χ3v) is 2.63. The van der Waals surface area contributed by atoms with Gasteiger partial charge in [0.25, 0.3) is 0 Å². The first-order valence-electron chi connectivity index (χ1n) is 5.07. The molecule has 0 unspecified atom stereocenters. The van der Waals surface area contributed by atoms with E-state index in [0.717, 1.165) is 18.5 Å². The van der Waals surface area contributed by atoms with E-state index < -0.39 is 0 Å². The Labute approximate surface area is 89.2 Å². The van der Waals surface area contributed by atoms with Crippen molar-refractivity contribution in [3.05, 3.63) is 47.7 Å². The van der Waals surface area contributed by atoms with Gasteiger partial charge >= 0.3 is 6.03 Å². The van der Waals surface area contributed by atoms with Crippen molar-refractivity contribution in [1.29, 1.82) is 0 Å². The van der Waals surface area contributed by atoms with E-state index in [9.17, 15) is 4.79 Å². The normalized spacial score (nSPS) is 14.4. The lowest BCUT2D eigenvalue weighted by Gasteiger charge is -2.30. The first-order valence-corrected chi connectivity index (χ1v) is 5.07.